The molecule has 4 rings (SSSR count). The Morgan fingerprint density at radius 3 is 2.73 bits per heavy atom. The van der Waals surface area contributed by atoms with Gasteiger partial charge in [0, 0.05) is 35.8 Å². The highest BCUT2D eigenvalue weighted by molar-refractivity contribution is 7.91. The maximum atomic E-state index is 12.7. The molecule has 0 spiro atoms. The summed E-state index contributed by atoms with van der Waals surface area (Å²) in [5.41, 5.74) is 1.62. The Labute approximate surface area is 151 Å². The molecule has 1 aromatic carbocycles. The van der Waals surface area contributed by atoms with Crippen LogP contribution in [-0.4, -0.2) is 42.5 Å². The number of aromatic amines is 1. The summed E-state index contributed by atoms with van der Waals surface area (Å²) in [7, 11) is -3.28. The number of carbonyl (C=O) groups is 1. The van der Waals surface area contributed by atoms with Gasteiger partial charge in [0.15, 0.2) is 9.84 Å². The van der Waals surface area contributed by atoms with Gasteiger partial charge in [0.2, 0.25) is 0 Å². The average Bonchev–Trinajstić information content (AvgIpc) is 3.31. The van der Waals surface area contributed by atoms with Crippen molar-refractivity contribution >= 4 is 26.6 Å². The molecule has 136 valence electrons. The lowest BCUT2D eigenvalue weighted by Crippen LogP contribution is -2.42. The SMILES string of the molecule is O=C(c1ccc2[nH]ccc2c1)N1CCC(S(=O)(=O)Cc2ccco2)CC1. The van der Waals surface area contributed by atoms with Crippen molar-refractivity contribution in [1.82, 2.24) is 9.88 Å². The van der Waals surface area contributed by atoms with Crippen LogP contribution in [0.3, 0.4) is 0 Å². The third kappa shape index (κ3) is 3.26. The number of nitrogens with one attached hydrogen (secondary N) is 1. The molecule has 6 nitrogen and oxygen atoms in total. The van der Waals surface area contributed by atoms with Gasteiger partial charge >= 0.3 is 0 Å². The van der Waals surface area contributed by atoms with Gasteiger partial charge < -0.3 is 14.3 Å². The van der Waals surface area contributed by atoms with E-state index in [1.807, 2.05) is 24.4 Å². The van der Waals surface area contributed by atoms with Gasteiger partial charge in [-0.15, -0.1) is 0 Å². The zero-order valence-corrected chi connectivity index (χ0v) is 15.0. The lowest BCUT2D eigenvalue weighted by atomic mass is 10.1. The molecule has 0 radical (unpaired) electrons. The van der Waals surface area contributed by atoms with E-state index in [0.717, 1.165) is 10.9 Å². The van der Waals surface area contributed by atoms with Crippen LogP contribution in [0.5, 0.6) is 0 Å². The van der Waals surface area contributed by atoms with E-state index in [9.17, 15) is 13.2 Å². The van der Waals surface area contributed by atoms with Crippen LogP contribution < -0.4 is 0 Å². The quantitative estimate of drug-likeness (QED) is 0.763. The number of nitrogens with zero attached hydrogens (tertiary/aromatic N) is 1. The minimum Gasteiger partial charge on any atom is -0.468 e. The largest absolute Gasteiger partial charge is 0.468 e. The number of fused-ring (bicyclic) bond motifs is 1. The minimum atomic E-state index is -3.28. The summed E-state index contributed by atoms with van der Waals surface area (Å²) in [6.45, 7) is 0.901. The second-order valence-corrected chi connectivity index (χ2v) is 8.94. The maximum absolute atomic E-state index is 12.7. The first-order valence-corrected chi connectivity index (χ1v) is 10.3. The predicted octanol–water partition coefficient (Wildman–Crippen LogP) is 2.98. The van der Waals surface area contributed by atoms with Crippen molar-refractivity contribution in [3.8, 4) is 0 Å². The Balaban J connectivity index is 1.42. The van der Waals surface area contributed by atoms with Crippen LogP contribution in [0.1, 0.15) is 29.0 Å². The summed E-state index contributed by atoms with van der Waals surface area (Å²) < 4.78 is 30.3. The zero-order chi connectivity index (χ0) is 18.1. The molecule has 3 aromatic rings. The third-order valence-corrected chi connectivity index (χ3v) is 7.13. The molecule has 1 aliphatic rings. The number of benzene rings is 1. The van der Waals surface area contributed by atoms with Crippen molar-refractivity contribution in [2.45, 2.75) is 23.8 Å². The summed E-state index contributed by atoms with van der Waals surface area (Å²) >= 11 is 0. The fourth-order valence-electron chi connectivity index (χ4n) is 3.50. The van der Waals surface area contributed by atoms with Gasteiger partial charge in [0.1, 0.15) is 11.5 Å². The Hall–Kier alpha value is -2.54. The summed E-state index contributed by atoms with van der Waals surface area (Å²) in [6, 6.07) is 10.9. The van der Waals surface area contributed by atoms with Crippen LogP contribution in [0.15, 0.2) is 53.3 Å². The lowest BCUT2D eigenvalue weighted by Gasteiger charge is -2.31. The van der Waals surface area contributed by atoms with Crippen LogP contribution in [0, 0.1) is 0 Å². The number of aromatic nitrogens is 1. The van der Waals surface area contributed by atoms with Gasteiger partial charge in [-0.05, 0) is 49.2 Å². The number of H-pyrrole nitrogens is 1. The van der Waals surface area contributed by atoms with Crippen molar-refractivity contribution < 1.29 is 17.6 Å². The van der Waals surface area contributed by atoms with Gasteiger partial charge in [-0.3, -0.25) is 4.79 Å². The zero-order valence-electron chi connectivity index (χ0n) is 14.2. The molecule has 0 aliphatic carbocycles. The van der Waals surface area contributed by atoms with Crippen molar-refractivity contribution in [3.63, 3.8) is 0 Å². The van der Waals surface area contributed by atoms with E-state index >= 15 is 0 Å². The monoisotopic (exact) mass is 372 g/mol. The van der Waals surface area contributed by atoms with E-state index in [-0.39, 0.29) is 11.7 Å². The number of furan rings is 1. The molecule has 1 N–H and O–H groups in total. The summed E-state index contributed by atoms with van der Waals surface area (Å²) in [6.07, 6.45) is 4.24. The molecule has 1 amide bonds. The number of sulfone groups is 1. The molecule has 7 heteroatoms. The predicted molar refractivity (Wildman–Crippen MR) is 98.6 cm³/mol. The number of hydrogen-bond donors (Lipinski definition) is 1. The topological polar surface area (TPSA) is 83.4 Å². The second-order valence-electron chi connectivity index (χ2n) is 6.66. The highest BCUT2D eigenvalue weighted by Crippen LogP contribution is 2.23. The van der Waals surface area contributed by atoms with Crippen LogP contribution >= 0.6 is 0 Å². The Morgan fingerprint density at radius 1 is 1.19 bits per heavy atom. The number of rotatable bonds is 4. The van der Waals surface area contributed by atoms with Crippen LogP contribution in [0.2, 0.25) is 0 Å². The fourth-order valence-corrected chi connectivity index (χ4v) is 5.22. The van der Waals surface area contributed by atoms with Gasteiger partial charge in [-0.1, -0.05) is 0 Å². The molecule has 0 atom stereocenters. The number of amides is 1. The van der Waals surface area contributed by atoms with Crippen molar-refractivity contribution in [3.05, 3.63) is 60.2 Å². The molecule has 0 unspecified atom stereocenters. The van der Waals surface area contributed by atoms with Crippen molar-refractivity contribution in [2.24, 2.45) is 0 Å². The first-order valence-electron chi connectivity index (χ1n) is 8.63. The third-order valence-electron chi connectivity index (χ3n) is 4.96. The van der Waals surface area contributed by atoms with Gasteiger partial charge in [-0.25, -0.2) is 8.42 Å². The highest BCUT2D eigenvalue weighted by Gasteiger charge is 2.32. The standard InChI is InChI=1S/C19H20N2O4S/c22-19(15-3-4-18-14(12-15)5-8-20-18)21-9-6-17(7-10-21)26(23,24)13-16-2-1-11-25-16/h1-5,8,11-12,17,20H,6-7,9-10,13H2. The fraction of sp³-hybridized carbons (Fsp3) is 0.316. The number of likely N-dealkylation sites (tertiary alicyclic amines) is 1. The van der Waals surface area contributed by atoms with E-state index in [4.69, 9.17) is 4.42 Å². The molecule has 0 bridgehead atoms. The Bertz CT molecular complexity index is 1010. The van der Waals surface area contributed by atoms with E-state index in [2.05, 4.69) is 4.98 Å². The Kier molecular flexibility index (Phi) is 4.32. The molecule has 1 fully saturated rings. The first kappa shape index (κ1) is 16.9. The van der Waals surface area contributed by atoms with Crippen LogP contribution in [0.4, 0.5) is 0 Å². The van der Waals surface area contributed by atoms with Gasteiger partial charge in [0.05, 0.1) is 11.5 Å². The summed E-state index contributed by atoms with van der Waals surface area (Å²) in [4.78, 5) is 17.6. The molecule has 0 saturated carbocycles. The van der Waals surface area contributed by atoms with Crippen molar-refractivity contribution in [1.29, 1.82) is 0 Å². The van der Waals surface area contributed by atoms with Crippen LogP contribution in [-0.2, 0) is 15.6 Å². The number of hydrogen-bond acceptors (Lipinski definition) is 4. The number of piperidine rings is 1. The highest BCUT2D eigenvalue weighted by atomic mass is 32.2. The molecular formula is C19H20N2O4S. The van der Waals surface area contributed by atoms with E-state index in [0.29, 0.717) is 37.3 Å². The van der Waals surface area contributed by atoms with Gasteiger partial charge in [0.25, 0.3) is 5.91 Å². The average molecular weight is 372 g/mol. The van der Waals surface area contributed by atoms with E-state index < -0.39 is 15.1 Å². The summed E-state index contributed by atoms with van der Waals surface area (Å²) in [5.74, 6) is 0.335. The molecule has 1 saturated heterocycles. The normalized spacial score (nSPS) is 16.2. The minimum absolute atomic E-state index is 0.0463. The Morgan fingerprint density at radius 2 is 2.00 bits per heavy atom. The van der Waals surface area contributed by atoms with E-state index in [1.165, 1.54) is 6.26 Å². The molecule has 1 aliphatic heterocycles. The molecule has 26 heavy (non-hydrogen) atoms. The summed E-state index contributed by atoms with van der Waals surface area (Å²) in [5, 5.41) is 0.565. The molecular weight excluding hydrogens is 352 g/mol. The van der Waals surface area contributed by atoms with Crippen LogP contribution in [0.25, 0.3) is 10.9 Å². The van der Waals surface area contributed by atoms with E-state index in [1.54, 1.807) is 23.1 Å². The maximum Gasteiger partial charge on any atom is 0.253 e. The lowest BCUT2D eigenvalue weighted by molar-refractivity contribution is 0.0725. The first-order chi connectivity index (χ1) is 12.5. The molecule has 3 heterocycles. The van der Waals surface area contributed by atoms with Crippen molar-refractivity contribution in [2.75, 3.05) is 13.1 Å². The van der Waals surface area contributed by atoms with Gasteiger partial charge in [-0.2, -0.15) is 0 Å². The second kappa shape index (κ2) is 6.64. The smallest absolute Gasteiger partial charge is 0.253 e. The number of carbonyl (C=O) groups excluding carboxylic acids is 1. The molecule has 2 aromatic heterocycles.